The number of nitrogens with zero attached hydrogens (tertiary/aromatic N) is 3. The number of nitrogens with one attached hydrogen (secondary N) is 1. The van der Waals surface area contributed by atoms with Crippen LogP contribution in [0.3, 0.4) is 0 Å². The molecular weight excluding hydrogens is 505 g/mol. The lowest BCUT2D eigenvalue weighted by Gasteiger charge is -2.36. The zero-order valence-electron chi connectivity index (χ0n) is 14.5. The van der Waals surface area contributed by atoms with E-state index in [-0.39, 0.29) is 36.5 Å². The lowest BCUT2D eigenvalue weighted by atomic mass is 10.2. The van der Waals surface area contributed by atoms with Crippen LogP contribution in [-0.4, -0.2) is 61.7 Å². The summed E-state index contributed by atoms with van der Waals surface area (Å²) in [6.07, 6.45) is 0.462. The maximum atomic E-state index is 13.6. The molecular formula is C17H26BrF2IN4. The number of benzene rings is 1. The Balaban J connectivity index is 0.00000312. The van der Waals surface area contributed by atoms with Gasteiger partial charge in [-0.15, -0.1) is 24.0 Å². The molecule has 1 heterocycles. The van der Waals surface area contributed by atoms with Gasteiger partial charge in [0.1, 0.15) is 5.82 Å². The normalized spacial score (nSPS) is 15.8. The van der Waals surface area contributed by atoms with Crippen LogP contribution in [0, 0.1) is 5.82 Å². The third kappa shape index (κ3) is 7.34. The molecule has 0 amide bonds. The van der Waals surface area contributed by atoms with Crippen molar-refractivity contribution in [2.45, 2.75) is 19.9 Å². The highest BCUT2D eigenvalue weighted by molar-refractivity contribution is 14.0. The Morgan fingerprint density at radius 2 is 2.00 bits per heavy atom. The van der Waals surface area contributed by atoms with Gasteiger partial charge in [0.2, 0.25) is 0 Å². The van der Waals surface area contributed by atoms with Gasteiger partial charge in [-0.3, -0.25) is 14.3 Å². The zero-order chi connectivity index (χ0) is 17.4. The molecule has 1 aliphatic heterocycles. The Kier molecular flexibility index (Phi) is 10.8. The van der Waals surface area contributed by atoms with Gasteiger partial charge >= 0.3 is 0 Å². The highest BCUT2D eigenvalue weighted by Gasteiger charge is 2.19. The second-order valence-corrected chi connectivity index (χ2v) is 6.64. The first-order chi connectivity index (χ1) is 11.6. The predicted octanol–water partition coefficient (Wildman–Crippen LogP) is 3.65. The summed E-state index contributed by atoms with van der Waals surface area (Å²) in [6, 6.07) is 5.28. The molecule has 4 nitrogen and oxygen atoms in total. The van der Waals surface area contributed by atoms with E-state index in [9.17, 15) is 8.78 Å². The van der Waals surface area contributed by atoms with Crippen molar-refractivity contribution in [3.63, 3.8) is 0 Å². The molecule has 1 aromatic carbocycles. The SMILES string of the molecule is CCNC(=NCCCF)N1CCN(Cc2ccc(Br)c(F)c2)CC1.I. The van der Waals surface area contributed by atoms with Crippen LogP contribution in [0.5, 0.6) is 0 Å². The second-order valence-electron chi connectivity index (χ2n) is 5.79. The highest BCUT2D eigenvalue weighted by Crippen LogP contribution is 2.18. The molecule has 142 valence electrons. The number of rotatable bonds is 6. The number of piperazine rings is 1. The Hall–Kier alpha value is -0.480. The van der Waals surface area contributed by atoms with Gasteiger partial charge in [-0.1, -0.05) is 6.07 Å². The van der Waals surface area contributed by atoms with E-state index in [0.29, 0.717) is 17.4 Å². The molecule has 0 spiro atoms. The maximum Gasteiger partial charge on any atom is 0.194 e. The molecule has 25 heavy (non-hydrogen) atoms. The molecule has 0 aliphatic carbocycles. The minimum atomic E-state index is -0.333. The monoisotopic (exact) mass is 530 g/mol. The molecule has 8 heteroatoms. The fraction of sp³-hybridized carbons (Fsp3) is 0.588. The van der Waals surface area contributed by atoms with Gasteiger partial charge in [0.15, 0.2) is 5.96 Å². The van der Waals surface area contributed by atoms with Crippen LogP contribution in [0.2, 0.25) is 0 Å². The zero-order valence-corrected chi connectivity index (χ0v) is 18.4. The van der Waals surface area contributed by atoms with Gasteiger partial charge in [0, 0.05) is 45.8 Å². The summed E-state index contributed by atoms with van der Waals surface area (Å²) in [7, 11) is 0. The summed E-state index contributed by atoms with van der Waals surface area (Å²) in [5.41, 5.74) is 0.979. The number of guanidine groups is 1. The quantitative estimate of drug-likeness (QED) is 0.264. The van der Waals surface area contributed by atoms with E-state index in [1.165, 1.54) is 0 Å². The average molecular weight is 531 g/mol. The van der Waals surface area contributed by atoms with Crippen molar-refractivity contribution >= 4 is 45.9 Å². The van der Waals surface area contributed by atoms with Crippen LogP contribution in [0.25, 0.3) is 0 Å². The van der Waals surface area contributed by atoms with Gasteiger partial charge in [-0.25, -0.2) is 4.39 Å². The van der Waals surface area contributed by atoms with Gasteiger partial charge in [0.05, 0.1) is 11.1 Å². The van der Waals surface area contributed by atoms with Crippen molar-refractivity contribution in [2.24, 2.45) is 4.99 Å². The summed E-state index contributed by atoms with van der Waals surface area (Å²) in [5.74, 6) is 0.640. The van der Waals surface area contributed by atoms with E-state index in [4.69, 9.17) is 0 Å². The summed E-state index contributed by atoms with van der Waals surface area (Å²) >= 11 is 3.18. The van der Waals surface area contributed by atoms with Gasteiger partial charge < -0.3 is 10.2 Å². The highest BCUT2D eigenvalue weighted by atomic mass is 127. The number of alkyl halides is 1. The van der Waals surface area contributed by atoms with Crippen molar-refractivity contribution in [3.8, 4) is 0 Å². The molecule has 0 saturated carbocycles. The third-order valence-electron chi connectivity index (χ3n) is 3.95. The van der Waals surface area contributed by atoms with Crippen molar-refractivity contribution in [1.82, 2.24) is 15.1 Å². The molecule has 1 N–H and O–H groups in total. The van der Waals surface area contributed by atoms with E-state index in [1.807, 2.05) is 13.0 Å². The minimum Gasteiger partial charge on any atom is -0.357 e. The fourth-order valence-corrected chi connectivity index (χ4v) is 2.93. The van der Waals surface area contributed by atoms with Gasteiger partial charge in [0.25, 0.3) is 0 Å². The van der Waals surface area contributed by atoms with E-state index >= 15 is 0 Å². The lowest BCUT2D eigenvalue weighted by Crippen LogP contribution is -2.52. The maximum absolute atomic E-state index is 13.6. The predicted molar refractivity (Wildman–Crippen MR) is 113 cm³/mol. The first-order valence-corrected chi connectivity index (χ1v) is 9.19. The van der Waals surface area contributed by atoms with Gasteiger partial charge in [-0.2, -0.15) is 0 Å². The largest absolute Gasteiger partial charge is 0.357 e. The number of hydrogen-bond donors (Lipinski definition) is 1. The molecule has 0 atom stereocenters. The molecule has 0 bridgehead atoms. The molecule has 0 radical (unpaired) electrons. The topological polar surface area (TPSA) is 30.9 Å². The Bertz CT molecular complexity index is 551. The van der Waals surface area contributed by atoms with Crippen LogP contribution < -0.4 is 5.32 Å². The molecule has 1 aliphatic rings. The Morgan fingerprint density at radius 3 is 2.60 bits per heavy atom. The van der Waals surface area contributed by atoms with Crippen molar-refractivity contribution < 1.29 is 8.78 Å². The Morgan fingerprint density at radius 1 is 1.28 bits per heavy atom. The fourth-order valence-electron chi connectivity index (χ4n) is 2.68. The summed E-state index contributed by atoms with van der Waals surface area (Å²) < 4.78 is 26.3. The molecule has 0 aromatic heterocycles. The first kappa shape index (κ1) is 22.6. The van der Waals surface area contributed by atoms with Crippen LogP contribution >= 0.6 is 39.9 Å². The smallest absolute Gasteiger partial charge is 0.194 e. The van der Waals surface area contributed by atoms with Crippen LogP contribution in [0.15, 0.2) is 27.7 Å². The number of hydrogen-bond acceptors (Lipinski definition) is 2. The van der Waals surface area contributed by atoms with Crippen molar-refractivity contribution in [3.05, 3.63) is 34.1 Å². The molecule has 1 saturated heterocycles. The second kappa shape index (κ2) is 12.0. The first-order valence-electron chi connectivity index (χ1n) is 8.39. The van der Waals surface area contributed by atoms with E-state index in [0.717, 1.165) is 50.8 Å². The minimum absolute atomic E-state index is 0. The van der Waals surface area contributed by atoms with Crippen LogP contribution in [0.1, 0.15) is 18.9 Å². The summed E-state index contributed by atoms with van der Waals surface area (Å²) in [6.45, 7) is 7.26. The van der Waals surface area contributed by atoms with Crippen LogP contribution in [-0.2, 0) is 6.54 Å². The summed E-state index contributed by atoms with van der Waals surface area (Å²) in [5, 5.41) is 3.27. The van der Waals surface area contributed by atoms with E-state index in [1.54, 1.807) is 12.1 Å². The van der Waals surface area contributed by atoms with Crippen molar-refractivity contribution in [2.75, 3.05) is 45.9 Å². The van der Waals surface area contributed by atoms with Crippen LogP contribution in [0.4, 0.5) is 8.78 Å². The van der Waals surface area contributed by atoms with E-state index in [2.05, 4.69) is 36.0 Å². The molecule has 1 fully saturated rings. The third-order valence-corrected chi connectivity index (χ3v) is 4.59. The number of aliphatic imine (C=N–C) groups is 1. The molecule has 2 rings (SSSR count). The lowest BCUT2D eigenvalue weighted by molar-refractivity contribution is 0.172. The van der Waals surface area contributed by atoms with Gasteiger partial charge in [-0.05, 0) is 47.0 Å². The van der Waals surface area contributed by atoms with E-state index < -0.39 is 0 Å². The molecule has 1 aromatic rings. The molecule has 0 unspecified atom stereocenters. The summed E-state index contributed by atoms with van der Waals surface area (Å²) in [4.78, 5) is 8.99. The average Bonchev–Trinajstić information content (AvgIpc) is 2.58. The van der Waals surface area contributed by atoms with Crippen molar-refractivity contribution in [1.29, 1.82) is 0 Å². The number of halogens is 4. The standard InChI is InChI=1S/C17H25BrF2N4.HI/c1-2-21-17(22-7-3-6-19)24-10-8-23(9-11-24)13-14-4-5-15(18)16(20)12-14;/h4-5,12H,2-3,6-11,13H2,1H3,(H,21,22);1H. The Labute approximate surface area is 174 Å².